The van der Waals surface area contributed by atoms with Crippen LogP contribution in [0.15, 0.2) is 36.5 Å². The zero-order valence-electron chi connectivity index (χ0n) is 13.5. The fraction of sp³-hybridized carbons (Fsp3) is 0.389. The van der Waals surface area contributed by atoms with Crippen molar-refractivity contribution in [1.29, 1.82) is 0 Å². The van der Waals surface area contributed by atoms with E-state index in [1.165, 1.54) is 12.1 Å². The van der Waals surface area contributed by atoms with Gasteiger partial charge in [0.15, 0.2) is 0 Å². The van der Waals surface area contributed by atoms with E-state index in [-0.39, 0.29) is 0 Å². The van der Waals surface area contributed by atoms with Gasteiger partial charge in [-0.15, -0.1) is 0 Å². The third-order valence-electron chi connectivity index (χ3n) is 4.60. The highest BCUT2D eigenvalue weighted by molar-refractivity contribution is 5.68. The molecule has 2 aromatic rings. The molecule has 0 saturated carbocycles. The fourth-order valence-corrected chi connectivity index (χ4v) is 3.19. The molecule has 128 valence electrons. The van der Waals surface area contributed by atoms with E-state index in [4.69, 9.17) is 5.73 Å². The lowest BCUT2D eigenvalue weighted by atomic mass is 10.00. The van der Waals surface area contributed by atoms with Gasteiger partial charge >= 0.3 is 6.18 Å². The molecular weight excluding hydrogens is 315 g/mol. The zero-order chi connectivity index (χ0) is 17.3. The number of hydrogen-bond donors (Lipinski definition) is 1. The van der Waals surface area contributed by atoms with Crippen molar-refractivity contribution in [1.82, 2.24) is 9.88 Å². The molecule has 3 rings (SSSR count). The summed E-state index contributed by atoms with van der Waals surface area (Å²) in [4.78, 5) is 6.48. The van der Waals surface area contributed by atoms with Crippen molar-refractivity contribution in [2.24, 2.45) is 0 Å². The van der Waals surface area contributed by atoms with Gasteiger partial charge in [0.1, 0.15) is 5.82 Å². The Bertz CT molecular complexity index is 710. The third kappa shape index (κ3) is 3.53. The van der Waals surface area contributed by atoms with Crippen LogP contribution < -0.4 is 5.73 Å². The SMILES string of the molecule is C[C@@H]1CCCN1Cc1cc(N)ncc1-c1ccc(C(F)(F)F)cc1. The maximum atomic E-state index is 12.7. The van der Waals surface area contributed by atoms with Gasteiger partial charge in [-0.05, 0) is 55.6 Å². The van der Waals surface area contributed by atoms with E-state index in [2.05, 4.69) is 16.8 Å². The molecular formula is C18H20F3N3. The molecule has 1 aliphatic rings. The van der Waals surface area contributed by atoms with Crippen molar-refractivity contribution in [3.63, 3.8) is 0 Å². The molecule has 0 amide bonds. The number of likely N-dealkylation sites (tertiary alicyclic amines) is 1. The van der Waals surface area contributed by atoms with Gasteiger partial charge in [0.25, 0.3) is 0 Å². The number of pyridine rings is 1. The molecule has 1 atom stereocenters. The molecule has 24 heavy (non-hydrogen) atoms. The Balaban J connectivity index is 1.92. The number of nitrogens with zero attached hydrogens (tertiary/aromatic N) is 2. The van der Waals surface area contributed by atoms with E-state index < -0.39 is 11.7 Å². The predicted octanol–water partition coefficient (Wildman–Crippen LogP) is 4.33. The Labute approximate surface area is 139 Å². The minimum atomic E-state index is -4.33. The molecule has 2 N–H and O–H groups in total. The van der Waals surface area contributed by atoms with Crippen LogP contribution in [0.2, 0.25) is 0 Å². The normalized spacial score (nSPS) is 18.9. The Morgan fingerprint density at radius 1 is 1.25 bits per heavy atom. The van der Waals surface area contributed by atoms with Crippen LogP contribution in [0.1, 0.15) is 30.9 Å². The standard InChI is InChI=1S/C18H20F3N3/c1-12-3-2-8-24(12)11-14-9-17(22)23-10-16(14)13-4-6-15(7-5-13)18(19,20)21/h4-7,9-10,12H,2-3,8,11H2,1H3,(H2,22,23)/t12-/m1/s1. The summed E-state index contributed by atoms with van der Waals surface area (Å²) in [6, 6.07) is 7.51. The Morgan fingerprint density at radius 2 is 1.96 bits per heavy atom. The van der Waals surface area contributed by atoms with Crippen LogP contribution in [-0.4, -0.2) is 22.5 Å². The van der Waals surface area contributed by atoms with E-state index in [0.29, 0.717) is 11.9 Å². The van der Waals surface area contributed by atoms with Crippen LogP contribution >= 0.6 is 0 Å². The zero-order valence-corrected chi connectivity index (χ0v) is 13.5. The quantitative estimate of drug-likeness (QED) is 0.907. The summed E-state index contributed by atoms with van der Waals surface area (Å²) in [6.07, 6.45) is -0.354. The number of benzene rings is 1. The van der Waals surface area contributed by atoms with E-state index in [0.717, 1.165) is 54.8 Å². The van der Waals surface area contributed by atoms with E-state index in [1.807, 2.05) is 6.07 Å². The number of halogens is 3. The number of hydrogen-bond acceptors (Lipinski definition) is 3. The minimum absolute atomic E-state index is 0.424. The lowest BCUT2D eigenvalue weighted by Gasteiger charge is -2.22. The molecule has 0 unspecified atom stereocenters. The van der Waals surface area contributed by atoms with Gasteiger partial charge in [-0.3, -0.25) is 4.90 Å². The van der Waals surface area contributed by atoms with Crippen molar-refractivity contribution in [2.75, 3.05) is 12.3 Å². The van der Waals surface area contributed by atoms with Gasteiger partial charge in [0.2, 0.25) is 0 Å². The van der Waals surface area contributed by atoms with Crippen molar-refractivity contribution in [3.05, 3.63) is 47.7 Å². The lowest BCUT2D eigenvalue weighted by molar-refractivity contribution is -0.137. The number of rotatable bonds is 3. The monoisotopic (exact) mass is 335 g/mol. The van der Waals surface area contributed by atoms with Crippen molar-refractivity contribution >= 4 is 5.82 Å². The van der Waals surface area contributed by atoms with Gasteiger partial charge in [-0.25, -0.2) is 4.98 Å². The first kappa shape index (κ1) is 16.8. The highest BCUT2D eigenvalue weighted by Gasteiger charge is 2.30. The first-order valence-corrected chi connectivity index (χ1v) is 8.00. The second kappa shape index (κ2) is 6.43. The molecule has 1 fully saturated rings. The summed E-state index contributed by atoms with van der Waals surface area (Å²) in [5, 5.41) is 0. The van der Waals surface area contributed by atoms with Gasteiger partial charge in [0, 0.05) is 24.3 Å². The number of nitrogens with two attached hydrogens (primary N) is 1. The molecule has 3 nitrogen and oxygen atoms in total. The smallest absolute Gasteiger partial charge is 0.384 e. The summed E-state index contributed by atoms with van der Waals surface area (Å²) < 4.78 is 38.2. The van der Waals surface area contributed by atoms with Gasteiger partial charge in [-0.2, -0.15) is 13.2 Å². The summed E-state index contributed by atoms with van der Waals surface area (Å²) in [6.45, 7) is 3.94. The third-order valence-corrected chi connectivity index (χ3v) is 4.60. The van der Waals surface area contributed by atoms with Crippen LogP contribution in [0, 0.1) is 0 Å². The minimum Gasteiger partial charge on any atom is -0.384 e. The largest absolute Gasteiger partial charge is 0.416 e. The van der Waals surface area contributed by atoms with Crippen molar-refractivity contribution in [2.45, 2.75) is 38.5 Å². The topological polar surface area (TPSA) is 42.1 Å². The number of alkyl halides is 3. The summed E-state index contributed by atoms with van der Waals surface area (Å²) >= 11 is 0. The molecule has 6 heteroatoms. The molecule has 0 radical (unpaired) electrons. The van der Waals surface area contributed by atoms with Crippen molar-refractivity contribution in [3.8, 4) is 11.1 Å². The molecule has 1 saturated heterocycles. The van der Waals surface area contributed by atoms with Crippen LogP contribution in [0.4, 0.5) is 19.0 Å². The van der Waals surface area contributed by atoms with Crippen LogP contribution in [0.5, 0.6) is 0 Å². The van der Waals surface area contributed by atoms with E-state index >= 15 is 0 Å². The second-order valence-electron chi connectivity index (χ2n) is 6.30. The molecule has 0 spiro atoms. The van der Waals surface area contributed by atoms with Gasteiger partial charge in [0.05, 0.1) is 5.56 Å². The maximum absolute atomic E-state index is 12.7. The highest BCUT2D eigenvalue weighted by Crippen LogP contribution is 2.32. The fourth-order valence-electron chi connectivity index (χ4n) is 3.19. The average Bonchev–Trinajstić information content (AvgIpc) is 2.92. The number of aromatic nitrogens is 1. The summed E-state index contributed by atoms with van der Waals surface area (Å²) in [5.41, 5.74) is 7.72. The number of nitrogen functional groups attached to an aromatic ring is 1. The average molecular weight is 335 g/mol. The molecule has 1 aliphatic heterocycles. The Morgan fingerprint density at radius 3 is 2.54 bits per heavy atom. The van der Waals surface area contributed by atoms with Crippen molar-refractivity contribution < 1.29 is 13.2 Å². The van der Waals surface area contributed by atoms with Gasteiger partial charge in [-0.1, -0.05) is 12.1 Å². The molecule has 0 aliphatic carbocycles. The number of anilines is 1. The molecule has 2 heterocycles. The summed E-state index contributed by atoms with van der Waals surface area (Å²) in [5.74, 6) is 0.424. The Kier molecular flexibility index (Phi) is 4.49. The van der Waals surface area contributed by atoms with E-state index in [9.17, 15) is 13.2 Å². The second-order valence-corrected chi connectivity index (χ2v) is 6.30. The maximum Gasteiger partial charge on any atom is 0.416 e. The summed E-state index contributed by atoms with van der Waals surface area (Å²) in [7, 11) is 0. The highest BCUT2D eigenvalue weighted by atomic mass is 19.4. The molecule has 0 bridgehead atoms. The Hall–Kier alpha value is -2.08. The first-order valence-electron chi connectivity index (χ1n) is 8.00. The van der Waals surface area contributed by atoms with Crippen LogP contribution in [0.25, 0.3) is 11.1 Å². The first-order chi connectivity index (χ1) is 11.3. The van der Waals surface area contributed by atoms with Gasteiger partial charge < -0.3 is 5.73 Å². The van der Waals surface area contributed by atoms with Crippen LogP contribution in [-0.2, 0) is 12.7 Å². The molecule has 1 aromatic heterocycles. The predicted molar refractivity (Wildman–Crippen MR) is 88.2 cm³/mol. The van der Waals surface area contributed by atoms with Crippen LogP contribution in [0.3, 0.4) is 0 Å². The van der Waals surface area contributed by atoms with E-state index in [1.54, 1.807) is 6.20 Å². The lowest BCUT2D eigenvalue weighted by Crippen LogP contribution is -2.26. The molecule has 1 aromatic carbocycles.